The van der Waals surface area contributed by atoms with E-state index in [4.69, 9.17) is 0 Å². The lowest BCUT2D eigenvalue weighted by Crippen LogP contribution is -2.42. The molecule has 1 atom stereocenters. The number of thiol groups is 1. The van der Waals surface area contributed by atoms with Crippen LogP contribution in [-0.4, -0.2) is 29.8 Å². The minimum atomic E-state index is 0.530. The number of rotatable bonds is 6. The predicted octanol–water partition coefficient (Wildman–Crippen LogP) is 3.60. The molecule has 0 amide bonds. The summed E-state index contributed by atoms with van der Waals surface area (Å²) < 4.78 is 0. The van der Waals surface area contributed by atoms with Gasteiger partial charge in [-0.2, -0.15) is 12.6 Å². The van der Waals surface area contributed by atoms with Gasteiger partial charge in [0.2, 0.25) is 0 Å². The van der Waals surface area contributed by atoms with E-state index in [-0.39, 0.29) is 0 Å². The Bertz CT molecular complexity index is 175. The van der Waals surface area contributed by atoms with Crippen molar-refractivity contribution in [3.8, 4) is 0 Å². The average Bonchev–Trinajstić information content (AvgIpc) is 2.74. The van der Waals surface area contributed by atoms with Crippen molar-refractivity contribution in [1.82, 2.24) is 4.90 Å². The molecule has 1 nitrogen and oxygen atoms in total. The first-order valence-corrected chi connectivity index (χ1v) is 7.15. The highest BCUT2D eigenvalue weighted by Gasteiger charge is 2.34. The van der Waals surface area contributed by atoms with Gasteiger partial charge in [0.1, 0.15) is 0 Å². The van der Waals surface area contributed by atoms with Crippen LogP contribution in [0.25, 0.3) is 0 Å². The van der Waals surface area contributed by atoms with Crippen molar-refractivity contribution < 1.29 is 0 Å². The molecule has 0 aromatic rings. The fourth-order valence-electron chi connectivity index (χ4n) is 2.76. The van der Waals surface area contributed by atoms with Gasteiger partial charge >= 0.3 is 0 Å². The highest BCUT2D eigenvalue weighted by Crippen LogP contribution is 2.40. The van der Waals surface area contributed by atoms with Crippen LogP contribution in [0.2, 0.25) is 0 Å². The van der Waals surface area contributed by atoms with E-state index in [9.17, 15) is 0 Å². The van der Waals surface area contributed by atoms with Crippen LogP contribution in [0.1, 0.15) is 52.9 Å². The van der Waals surface area contributed by atoms with Crippen LogP contribution >= 0.6 is 12.6 Å². The zero-order valence-electron chi connectivity index (χ0n) is 10.6. The van der Waals surface area contributed by atoms with Crippen LogP contribution in [-0.2, 0) is 0 Å². The first-order valence-electron chi connectivity index (χ1n) is 6.52. The van der Waals surface area contributed by atoms with Crippen molar-refractivity contribution >= 4 is 12.6 Å². The van der Waals surface area contributed by atoms with Crippen molar-refractivity contribution in [2.24, 2.45) is 5.41 Å². The number of hydrogen-bond acceptors (Lipinski definition) is 2. The van der Waals surface area contributed by atoms with Crippen molar-refractivity contribution in [2.75, 3.05) is 18.8 Å². The van der Waals surface area contributed by atoms with Crippen molar-refractivity contribution in [3.63, 3.8) is 0 Å². The molecule has 0 heterocycles. The summed E-state index contributed by atoms with van der Waals surface area (Å²) in [6, 6.07) is 0.729. The van der Waals surface area contributed by atoms with Crippen molar-refractivity contribution in [3.05, 3.63) is 0 Å². The lowest BCUT2D eigenvalue weighted by atomic mass is 9.87. The summed E-state index contributed by atoms with van der Waals surface area (Å²) in [7, 11) is 0. The maximum Gasteiger partial charge on any atom is 0.00644 e. The molecule has 1 aliphatic rings. The van der Waals surface area contributed by atoms with E-state index >= 15 is 0 Å². The minimum absolute atomic E-state index is 0.530. The fraction of sp³-hybridized carbons (Fsp3) is 1.00. The molecule has 0 aromatic carbocycles. The molecule has 2 heteroatoms. The number of nitrogens with zero attached hydrogens (tertiary/aromatic N) is 1. The van der Waals surface area contributed by atoms with Gasteiger partial charge < -0.3 is 4.90 Å². The van der Waals surface area contributed by atoms with E-state index in [1.807, 2.05) is 0 Å². The fourth-order valence-corrected chi connectivity index (χ4v) is 3.18. The summed E-state index contributed by atoms with van der Waals surface area (Å²) in [5.74, 6) is 1.07. The summed E-state index contributed by atoms with van der Waals surface area (Å²) >= 11 is 4.59. The SMILES string of the molecule is CCC(C)N(CC)CC1(CS)CCCC1. The Morgan fingerprint density at radius 1 is 1.27 bits per heavy atom. The van der Waals surface area contributed by atoms with Crippen LogP contribution in [0.5, 0.6) is 0 Å². The van der Waals surface area contributed by atoms with E-state index in [1.165, 1.54) is 45.2 Å². The van der Waals surface area contributed by atoms with Crippen LogP contribution in [0.3, 0.4) is 0 Å². The lowest BCUT2D eigenvalue weighted by Gasteiger charge is -2.37. The zero-order valence-corrected chi connectivity index (χ0v) is 11.5. The third-order valence-electron chi connectivity index (χ3n) is 4.16. The molecular weight excluding hydrogens is 202 g/mol. The maximum absolute atomic E-state index is 4.59. The molecule has 1 aliphatic carbocycles. The van der Waals surface area contributed by atoms with Crippen LogP contribution < -0.4 is 0 Å². The van der Waals surface area contributed by atoms with E-state index in [0.29, 0.717) is 5.41 Å². The van der Waals surface area contributed by atoms with E-state index in [1.54, 1.807) is 0 Å². The third kappa shape index (κ3) is 3.39. The van der Waals surface area contributed by atoms with Gasteiger partial charge in [0.15, 0.2) is 0 Å². The summed E-state index contributed by atoms with van der Waals surface area (Å²) in [5.41, 5.74) is 0.530. The lowest BCUT2D eigenvalue weighted by molar-refractivity contribution is 0.135. The Kier molecular flexibility index (Phi) is 5.48. The monoisotopic (exact) mass is 229 g/mol. The Morgan fingerprint density at radius 2 is 1.87 bits per heavy atom. The summed E-state index contributed by atoms with van der Waals surface area (Å²) in [5, 5.41) is 0. The molecule has 90 valence electrons. The topological polar surface area (TPSA) is 3.24 Å². The molecule has 1 saturated carbocycles. The molecule has 0 aliphatic heterocycles. The summed E-state index contributed by atoms with van der Waals surface area (Å²) in [6.07, 6.45) is 6.88. The molecule has 15 heavy (non-hydrogen) atoms. The van der Waals surface area contributed by atoms with Crippen LogP contribution in [0.4, 0.5) is 0 Å². The van der Waals surface area contributed by atoms with E-state index < -0.39 is 0 Å². The summed E-state index contributed by atoms with van der Waals surface area (Å²) in [4.78, 5) is 2.64. The molecule has 0 N–H and O–H groups in total. The molecule has 1 rings (SSSR count). The second-order valence-corrected chi connectivity index (χ2v) is 5.50. The minimum Gasteiger partial charge on any atom is -0.300 e. The Morgan fingerprint density at radius 3 is 2.27 bits per heavy atom. The molecule has 0 saturated heterocycles. The molecule has 1 fully saturated rings. The molecule has 0 aromatic heterocycles. The third-order valence-corrected chi connectivity index (χ3v) is 4.83. The van der Waals surface area contributed by atoms with Crippen molar-refractivity contribution in [2.45, 2.75) is 58.9 Å². The van der Waals surface area contributed by atoms with Gasteiger partial charge in [-0.15, -0.1) is 0 Å². The van der Waals surface area contributed by atoms with Gasteiger partial charge in [-0.05, 0) is 43.9 Å². The standard InChI is InChI=1S/C13H27NS/c1-4-12(3)14(5-2)10-13(11-15)8-6-7-9-13/h12,15H,4-11H2,1-3H3. The Labute approximate surface area is 101 Å². The molecule has 0 bridgehead atoms. The highest BCUT2D eigenvalue weighted by atomic mass is 32.1. The van der Waals surface area contributed by atoms with E-state index in [2.05, 4.69) is 38.3 Å². The highest BCUT2D eigenvalue weighted by molar-refractivity contribution is 7.80. The second kappa shape index (κ2) is 6.15. The van der Waals surface area contributed by atoms with Crippen LogP contribution in [0.15, 0.2) is 0 Å². The molecule has 0 radical (unpaired) electrons. The largest absolute Gasteiger partial charge is 0.300 e. The quantitative estimate of drug-likeness (QED) is 0.681. The number of hydrogen-bond donors (Lipinski definition) is 1. The first kappa shape index (κ1) is 13.4. The van der Waals surface area contributed by atoms with Gasteiger partial charge in [-0.25, -0.2) is 0 Å². The summed E-state index contributed by atoms with van der Waals surface area (Å²) in [6.45, 7) is 9.37. The smallest absolute Gasteiger partial charge is 0.00644 e. The van der Waals surface area contributed by atoms with Gasteiger partial charge in [0.05, 0.1) is 0 Å². The van der Waals surface area contributed by atoms with Gasteiger partial charge in [-0.1, -0.05) is 26.7 Å². The van der Waals surface area contributed by atoms with E-state index in [0.717, 1.165) is 11.8 Å². The van der Waals surface area contributed by atoms with Gasteiger partial charge in [0.25, 0.3) is 0 Å². The first-order chi connectivity index (χ1) is 7.17. The Balaban J connectivity index is 2.55. The maximum atomic E-state index is 4.59. The molecule has 0 spiro atoms. The van der Waals surface area contributed by atoms with Gasteiger partial charge in [0, 0.05) is 12.6 Å². The van der Waals surface area contributed by atoms with Gasteiger partial charge in [-0.3, -0.25) is 0 Å². The molecular formula is C13H27NS. The normalized spacial score (nSPS) is 22.2. The Hall–Kier alpha value is 0.310. The zero-order chi connectivity index (χ0) is 11.3. The second-order valence-electron chi connectivity index (χ2n) is 5.19. The average molecular weight is 229 g/mol. The van der Waals surface area contributed by atoms with Crippen LogP contribution in [0, 0.1) is 5.41 Å². The molecule has 1 unspecified atom stereocenters. The predicted molar refractivity (Wildman–Crippen MR) is 71.8 cm³/mol. The van der Waals surface area contributed by atoms with Crippen molar-refractivity contribution in [1.29, 1.82) is 0 Å².